The van der Waals surface area contributed by atoms with Crippen molar-refractivity contribution in [2.24, 2.45) is 11.5 Å². The van der Waals surface area contributed by atoms with Crippen LogP contribution in [0.2, 0.25) is 0 Å². The second-order valence-electron chi connectivity index (χ2n) is 4.38. The van der Waals surface area contributed by atoms with Crippen LogP contribution in [0.15, 0.2) is 24.3 Å². The first-order valence-electron chi connectivity index (χ1n) is 5.76. The molecular weight excluding hydrogens is 216 g/mol. The van der Waals surface area contributed by atoms with E-state index in [0.717, 1.165) is 12.2 Å². The molecule has 4 heteroatoms. The Kier molecular flexibility index (Phi) is 4.52. The van der Waals surface area contributed by atoms with Crippen molar-refractivity contribution < 1.29 is 9.53 Å². The number of rotatable bonds is 6. The van der Waals surface area contributed by atoms with E-state index in [1.54, 1.807) is 6.92 Å². The first kappa shape index (κ1) is 13.5. The van der Waals surface area contributed by atoms with Crippen LogP contribution in [0.25, 0.3) is 0 Å². The maximum absolute atomic E-state index is 11.0. The number of carbonyl (C=O) groups excluding carboxylic acids is 1. The van der Waals surface area contributed by atoms with Crippen LogP contribution in [0.3, 0.4) is 0 Å². The summed E-state index contributed by atoms with van der Waals surface area (Å²) in [6, 6.07) is 7.87. The lowest BCUT2D eigenvalue weighted by molar-refractivity contribution is -0.123. The molecule has 1 amide bonds. The number of benzene rings is 1. The van der Waals surface area contributed by atoms with Crippen LogP contribution in [0.1, 0.15) is 25.8 Å². The van der Waals surface area contributed by atoms with Crippen molar-refractivity contribution in [1.82, 2.24) is 0 Å². The molecule has 1 aromatic carbocycles. The maximum Gasteiger partial charge on any atom is 0.237 e. The van der Waals surface area contributed by atoms with E-state index >= 15 is 0 Å². The van der Waals surface area contributed by atoms with Gasteiger partial charge in [0.15, 0.2) is 0 Å². The SMILES string of the molecule is CCc1ccc(OCCC(C)(N)C(N)=O)cc1. The van der Waals surface area contributed by atoms with Gasteiger partial charge in [0.25, 0.3) is 0 Å². The van der Waals surface area contributed by atoms with Gasteiger partial charge in [-0.15, -0.1) is 0 Å². The number of nitrogens with two attached hydrogens (primary N) is 2. The molecule has 4 nitrogen and oxygen atoms in total. The van der Waals surface area contributed by atoms with Gasteiger partial charge in [-0.05, 0) is 31.0 Å². The molecule has 0 aromatic heterocycles. The summed E-state index contributed by atoms with van der Waals surface area (Å²) in [6.07, 6.45) is 1.40. The van der Waals surface area contributed by atoms with E-state index in [-0.39, 0.29) is 0 Å². The molecule has 0 spiro atoms. The van der Waals surface area contributed by atoms with Gasteiger partial charge in [0.2, 0.25) is 5.91 Å². The summed E-state index contributed by atoms with van der Waals surface area (Å²) in [5, 5.41) is 0. The minimum Gasteiger partial charge on any atom is -0.494 e. The highest BCUT2D eigenvalue weighted by molar-refractivity contribution is 5.83. The first-order chi connectivity index (χ1) is 7.95. The molecule has 17 heavy (non-hydrogen) atoms. The fraction of sp³-hybridized carbons (Fsp3) is 0.462. The number of primary amides is 1. The third-order valence-electron chi connectivity index (χ3n) is 2.78. The Balaban J connectivity index is 2.43. The summed E-state index contributed by atoms with van der Waals surface area (Å²) in [4.78, 5) is 11.0. The monoisotopic (exact) mass is 236 g/mol. The fourth-order valence-corrected chi connectivity index (χ4v) is 1.33. The zero-order chi connectivity index (χ0) is 12.9. The van der Waals surface area contributed by atoms with Crippen molar-refractivity contribution in [2.45, 2.75) is 32.2 Å². The Bertz CT molecular complexity index is 372. The van der Waals surface area contributed by atoms with E-state index in [0.29, 0.717) is 13.0 Å². The molecule has 0 bridgehead atoms. The van der Waals surface area contributed by atoms with Crippen molar-refractivity contribution in [3.63, 3.8) is 0 Å². The molecule has 0 aliphatic carbocycles. The van der Waals surface area contributed by atoms with Gasteiger partial charge < -0.3 is 16.2 Å². The minimum atomic E-state index is -1.01. The lowest BCUT2D eigenvalue weighted by Gasteiger charge is -2.20. The number of ether oxygens (including phenoxy) is 1. The van der Waals surface area contributed by atoms with E-state index in [2.05, 4.69) is 6.92 Å². The standard InChI is InChI=1S/C13H20N2O2/c1-3-10-4-6-11(7-5-10)17-9-8-13(2,15)12(14)16/h4-7H,3,8-9,15H2,1-2H3,(H2,14,16). The van der Waals surface area contributed by atoms with E-state index in [1.165, 1.54) is 5.56 Å². The average Bonchev–Trinajstić information content (AvgIpc) is 2.29. The van der Waals surface area contributed by atoms with Crippen LogP contribution >= 0.6 is 0 Å². The number of hydrogen-bond acceptors (Lipinski definition) is 3. The summed E-state index contributed by atoms with van der Waals surface area (Å²) < 4.78 is 5.50. The van der Waals surface area contributed by atoms with Gasteiger partial charge in [-0.2, -0.15) is 0 Å². The average molecular weight is 236 g/mol. The summed E-state index contributed by atoms with van der Waals surface area (Å²) in [7, 11) is 0. The Morgan fingerprint density at radius 1 is 1.35 bits per heavy atom. The topological polar surface area (TPSA) is 78.3 Å². The van der Waals surface area contributed by atoms with Crippen LogP contribution in [0.5, 0.6) is 5.75 Å². The van der Waals surface area contributed by atoms with Crippen LogP contribution in [0, 0.1) is 0 Å². The van der Waals surface area contributed by atoms with Crippen molar-refractivity contribution in [3.05, 3.63) is 29.8 Å². The molecular formula is C13H20N2O2. The first-order valence-corrected chi connectivity index (χ1v) is 5.76. The molecule has 0 saturated carbocycles. The number of aryl methyl sites for hydroxylation is 1. The quantitative estimate of drug-likeness (QED) is 0.779. The van der Waals surface area contributed by atoms with Crippen molar-refractivity contribution >= 4 is 5.91 Å². The summed E-state index contributed by atoms with van der Waals surface area (Å²) >= 11 is 0. The molecule has 1 rings (SSSR count). The van der Waals surface area contributed by atoms with Gasteiger partial charge in [-0.3, -0.25) is 4.79 Å². The highest BCUT2D eigenvalue weighted by atomic mass is 16.5. The summed E-state index contributed by atoms with van der Waals surface area (Å²) in [6.45, 7) is 4.09. The fourth-order valence-electron chi connectivity index (χ4n) is 1.33. The smallest absolute Gasteiger partial charge is 0.237 e. The molecule has 0 saturated heterocycles. The Morgan fingerprint density at radius 2 is 1.94 bits per heavy atom. The van der Waals surface area contributed by atoms with Gasteiger partial charge in [0.05, 0.1) is 12.1 Å². The van der Waals surface area contributed by atoms with Crippen molar-refractivity contribution in [3.8, 4) is 5.75 Å². The van der Waals surface area contributed by atoms with Crippen molar-refractivity contribution in [2.75, 3.05) is 6.61 Å². The lowest BCUT2D eigenvalue weighted by Crippen LogP contribution is -2.50. The second kappa shape index (κ2) is 5.68. The zero-order valence-corrected chi connectivity index (χ0v) is 10.4. The van der Waals surface area contributed by atoms with Crippen LogP contribution in [-0.2, 0) is 11.2 Å². The van der Waals surface area contributed by atoms with E-state index in [4.69, 9.17) is 16.2 Å². The van der Waals surface area contributed by atoms with Crippen LogP contribution in [0.4, 0.5) is 0 Å². The van der Waals surface area contributed by atoms with Crippen LogP contribution < -0.4 is 16.2 Å². The predicted octanol–water partition coefficient (Wildman–Crippen LogP) is 1.22. The maximum atomic E-state index is 11.0. The lowest BCUT2D eigenvalue weighted by atomic mass is 9.99. The van der Waals surface area contributed by atoms with Gasteiger partial charge in [-0.25, -0.2) is 0 Å². The molecule has 1 unspecified atom stereocenters. The Hall–Kier alpha value is -1.55. The minimum absolute atomic E-state index is 0.376. The molecule has 0 aliphatic heterocycles. The Morgan fingerprint density at radius 3 is 2.41 bits per heavy atom. The number of hydrogen-bond donors (Lipinski definition) is 2. The second-order valence-corrected chi connectivity index (χ2v) is 4.38. The highest BCUT2D eigenvalue weighted by Gasteiger charge is 2.25. The Labute approximate surface area is 102 Å². The summed E-state index contributed by atoms with van der Waals surface area (Å²) in [5.41, 5.74) is 11.1. The van der Waals surface area contributed by atoms with E-state index in [1.807, 2.05) is 24.3 Å². The van der Waals surface area contributed by atoms with E-state index < -0.39 is 11.4 Å². The van der Waals surface area contributed by atoms with Crippen molar-refractivity contribution in [1.29, 1.82) is 0 Å². The van der Waals surface area contributed by atoms with Gasteiger partial charge in [-0.1, -0.05) is 19.1 Å². The summed E-state index contributed by atoms with van der Waals surface area (Å²) in [5.74, 6) is 0.268. The largest absolute Gasteiger partial charge is 0.494 e. The van der Waals surface area contributed by atoms with Gasteiger partial charge in [0.1, 0.15) is 5.75 Å². The molecule has 0 fully saturated rings. The van der Waals surface area contributed by atoms with Gasteiger partial charge >= 0.3 is 0 Å². The zero-order valence-electron chi connectivity index (χ0n) is 10.4. The normalized spacial score (nSPS) is 14.1. The van der Waals surface area contributed by atoms with E-state index in [9.17, 15) is 4.79 Å². The number of carbonyl (C=O) groups is 1. The molecule has 1 aromatic rings. The predicted molar refractivity (Wildman–Crippen MR) is 67.7 cm³/mol. The number of amides is 1. The molecule has 0 aliphatic rings. The van der Waals surface area contributed by atoms with Gasteiger partial charge in [0, 0.05) is 6.42 Å². The molecule has 0 radical (unpaired) electrons. The van der Waals surface area contributed by atoms with Crippen LogP contribution in [-0.4, -0.2) is 18.1 Å². The molecule has 0 heterocycles. The highest BCUT2D eigenvalue weighted by Crippen LogP contribution is 2.14. The molecule has 1 atom stereocenters. The molecule has 94 valence electrons. The molecule has 4 N–H and O–H groups in total. The third kappa shape index (κ3) is 4.07. The third-order valence-corrected chi connectivity index (χ3v) is 2.78.